The Balaban J connectivity index is 1.42. The quantitative estimate of drug-likeness (QED) is 0.640. The Morgan fingerprint density at radius 2 is 1.69 bits per heavy atom. The number of amides is 1. The van der Waals surface area contributed by atoms with Crippen LogP contribution in [0.4, 0.5) is 0 Å². The number of methoxy groups -OCH3 is 1. The molecule has 1 unspecified atom stereocenters. The fourth-order valence-corrected chi connectivity index (χ4v) is 3.18. The van der Waals surface area contributed by atoms with E-state index < -0.39 is 0 Å². The highest BCUT2D eigenvalue weighted by atomic mass is 16.5. The maximum Gasteiger partial charge on any atom is 0.257 e. The molecule has 0 aliphatic carbocycles. The molecular formula is C22H21N3O4. The van der Waals surface area contributed by atoms with Crippen molar-refractivity contribution in [3.63, 3.8) is 0 Å². The van der Waals surface area contributed by atoms with Crippen LogP contribution in [0.5, 0.6) is 23.3 Å². The predicted octanol–water partition coefficient (Wildman–Crippen LogP) is 3.57. The van der Waals surface area contributed by atoms with Crippen molar-refractivity contribution < 1.29 is 19.0 Å². The van der Waals surface area contributed by atoms with Crippen LogP contribution < -0.4 is 14.2 Å². The van der Waals surface area contributed by atoms with E-state index in [-0.39, 0.29) is 12.0 Å². The molecule has 1 fully saturated rings. The van der Waals surface area contributed by atoms with Gasteiger partial charge in [0.25, 0.3) is 5.91 Å². The molecule has 148 valence electrons. The zero-order chi connectivity index (χ0) is 20.1. The predicted molar refractivity (Wildman–Crippen MR) is 106 cm³/mol. The van der Waals surface area contributed by atoms with E-state index >= 15 is 0 Å². The van der Waals surface area contributed by atoms with Gasteiger partial charge in [-0.2, -0.15) is 0 Å². The largest absolute Gasteiger partial charge is 0.480 e. The molecule has 29 heavy (non-hydrogen) atoms. The third-order valence-corrected chi connectivity index (χ3v) is 4.63. The summed E-state index contributed by atoms with van der Waals surface area (Å²) in [4.78, 5) is 14.9. The molecule has 1 amide bonds. The van der Waals surface area contributed by atoms with E-state index in [1.807, 2.05) is 42.5 Å². The number of carbonyl (C=O) groups excluding carboxylic acids is 1. The number of hydrogen-bond acceptors (Lipinski definition) is 6. The highest BCUT2D eigenvalue weighted by molar-refractivity contribution is 5.97. The second kappa shape index (κ2) is 8.60. The molecular weight excluding hydrogens is 370 g/mol. The molecule has 3 aromatic rings. The van der Waals surface area contributed by atoms with Crippen LogP contribution in [0.3, 0.4) is 0 Å². The summed E-state index contributed by atoms with van der Waals surface area (Å²) in [6.45, 7) is 1.08. The molecule has 1 aromatic heterocycles. The van der Waals surface area contributed by atoms with Crippen LogP contribution in [-0.2, 0) is 0 Å². The first-order valence-electron chi connectivity index (χ1n) is 9.38. The second-order valence-electron chi connectivity index (χ2n) is 6.60. The number of ether oxygens (including phenoxy) is 3. The maximum absolute atomic E-state index is 13.1. The lowest BCUT2D eigenvalue weighted by Crippen LogP contribution is -2.31. The number of rotatable bonds is 6. The Morgan fingerprint density at radius 3 is 2.45 bits per heavy atom. The monoisotopic (exact) mass is 391 g/mol. The number of benzene rings is 2. The van der Waals surface area contributed by atoms with E-state index in [4.69, 9.17) is 14.2 Å². The lowest BCUT2D eigenvalue weighted by atomic mass is 10.1. The van der Waals surface area contributed by atoms with Crippen LogP contribution in [0.2, 0.25) is 0 Å². The van der Waals surface area contributed by atoms with E-state index in [2.05, 4.69) is 10.2 Å². The Hall–Kier alpha value is -3.61. The number of aromatic nitrogens is 2. The summed E-state index contributed by atoms with van der Waals surface area (Å²) in [6.07, 6.45) is 0.588. The summed E-state index contributed by atoms with van der Waals surface area (Å²) in [6, 6.07) is 20.1. The first-order chi connectivity index (χ1) is 14.2. The van der Waals surface area contributed by atoms with Crippen molar-refractivity contribution in [3.05, 3.63) is 72.3 Å². The smallest absolute Gasteiger partial charge is 0.257 e. The molecule has 0 saturated carbocycles. The van der Waals surface area contributed by atoms with Crippen molar-refractivity contribution in [1.29, 1.82) is 0 Å². The number of para-hydroxylation sites is 2. The summed E-state index contributed by atoms with van der Waals surface area (Å²) in [5.41, 5.74) is 0.529. The van der Waals surface area contributed by atoms with E-state index in [1.165, 1.54) is 7.11 Å². The summed E-state index contributed by atoms with van der Waals surface area (Å²) in [5.74, 6) is 1.99. The minimum absolute atomic E-state index is 0.0801. The van der Waals surface area contributed by atoms with Crippen LogP contribution in [0.15, 0.2) is 66.7 Å². The van der Waals surface area contributed by atoms with Crippen molar-refractivity contribution >= 4 is 5.91 Å². The molecule has 1 aliphatic heterocycles. The van der Waals surface area contributed by atoms with Gasteiger partial charge < -0.3 is 19.1 Å². The molecule has 4 rings (SSSR count). The Bertz CT molecular complexity index is 963. The fourth-order valence-electron chi connectivity index (χ4n) is 3.18. The van der Waals surface area contributed by atoms with Gasteiger partial charge in [-0.15, -0.1) is 10.2 Å². The summed E-state index contributed by atoms with van der Waals surface area (Å²) in [5, 5.41) is 7.88. The van der Waals surface area contributed by atoms with Gasteiger partial charge in [-0.05, 0) is 24.3 Å². The van der Waals surface area contributed by atoms with Gasteiger partial charge in [0.2, 0.25) is 11.8 Å². The van der Waals surface area contributed by atoms with Crippen LogP contribution >= 0.6 is 0 Å². The number of hydrogen-bond donors (Lipinski definition) is 0. The minimum Gasteiger partial charge on any atom is -0.480 e. The van der Waals surface area contributed by atoms with Gasteiger partial charge in [0.05, 0.1) is 19.2 Å². The highest BCUT2D eigenvalue weighted by Gasteiger charge is 2.30. The Morgan fingerprint density at radius 1 is 0.966 bits per heavy atom. The molecule has 2 heterocycles. The van der Waals surface area contributed by atoms with Gasteiger partial charge in [-0.3, -0.25) is 4.79 Å². The second-order valence-corrected chi connectivity index (χ2v) is 6.60. The van der Waals surface area contributed by atoms with E-state index in [0.29, 0.717) is 41.9 Å². The molecule has 1 saturated heterocycles. The van der Waals surface area contributed by atoms with Crippen molar-refractivity contribution in [2.75, 3.05) is 20.2 Å². The normalized spacial score (nSPS) is 15.8. The average Bonchev–Trinajstić information content (AvgIpc) is 3.23. The van der Waals surface area contributed by atoms with Crippen molar-refractivity contribution in [3.8, 4) is 23.3 Å². The van der Waals surface area contributed by atoms with E-state index in [1.54, 1.807) is 29.2 Å². The Kier molecular flexibility index (Phi) is 5.56. The molecule has 1 aliphatic rings. The molecule has 7 heteroatoms. The topological polar surface area (TPSA) is 73.8 Å². The van der Waals surface area contributed by atoms with Crippen molar-refractivity contribution in [1.82, 2.24) is 15.1 Å². The number of nitrogens with zero attached hydrogens (tertiary/aromatic N) is 3. The third kappa shape index (κ3) is 4.45. The van der Waals surface area contributed by atoms with E-state index in [0.717, 1.165) is 6.42 Å². The van der Waals surface area contributed by atoms with Crippen molar-refractivity contribution in [2.24, 2.45) is 0 Å². The molecule has 7 nitrogen and oxygen atoms in total. The summed E-state index contributed by atoms with van der Waals surface area (Å²) >= 11 is 0. The van der Waals surface area contributed by atoms with Gasteiger partial charge in [-0.25, -0.2) is 0 Å². The SMILES string of the molecule is COc1ccc(OC2CCN(C(=O)c3ccccc3Oc3ccccc3)C2)nn1. The molecule has 2 aromatic carbocycles. The van der Waals surface area contributed by atoms with Gasteiger partial charge >= 0.3 is 0 Å². The van der Waals surface area contributed by atoms with Crippen LogP contribution in [-0.4, -0.2) is 47.3 Å². The Labute approximate surface area is 168 Å². The molecule has 1 atom stereocenters. The van der Waals surface area contributed by atoms with Crippen LogP contribution in [0, 0.1) is 0 Å². The van der Waals surface area contributed by atoms with E-state index in [9.17, 15) is 4.79 Å². The standard InChI is InChI=1S/C22H21N3O4/c1-27-20-11-12-21(24-23-20)29-17-13-14-25(15-17)22(26)18-9-5-6-10-19(18)28-16-7-3-2-4-8-16/h2-12,17H,13-15H2,1H3. The summed E-state index contributed by atoms with van der Waals surface area (Å²) in [7, 11) is 1.53. The fraction of sp³-hybridized carbons (Fsp3) is 0.227. The first-order valence-corrected chi connectivity index (χ1v) is 9.38. The zero-order valence-electron chi connectivity index (χ0n) is 16.0. The minimum atomic E-state index is -0.135. The van der Waals surface area contributed by atoms with Gasteiger partial charge in [0.15, 0.2) is 0 Å². The van der Waals surface area contributed by atoms with Crippen molar-refractivity contribution in [2.45, 2.75) is 12.5 Å². The lowest BCUT2D eigenvalue weighted by Gasteiger charge is -2.19. The van der Waals surface area contributed by atoms with Crippen LogP contribution in [0.25, 0.3) is 0 Å². The molecule has 0 bridgehead atoms. The lowest BCUT2D eigenvalue weighted by molar-refractivity contribution is 0.0768. The number of likely N-dealkylation sites (tertiary alicyclic amines) is 1. The molecule has 0 N–H and O–H groups in total. The molecule has 0 radical (unpaired) electrons. The van der Waals surface area contributed by atoms with Gasteiger partial charge in [-0.1, -0.05) is 30.3 Å². The molecule has 0 spiro atoms. The van der Waals surface area contributed by atoms with Gasteiger partial charge in [0, 0.05) is 25.1 Å². The summed E-state index contributed by atoms with van der Waals surface area (Å²) < 4.78 is 16.8. The first kappa shape index (κ1) is 18.7. The zero-order valence-corrected chi connectivity index (χ0v) is 16.0. The van der Waals surface area contributed by atoms with Gasteiger partial charge in [0.1, 0.15) is 17.6 Å². The maximum atomic E-state index is 13.1. The highest BCUT2D eigenvalue weighted by Crippen LogP contribution is 2.27. The third-order valence-electron chi connectivity index (χ3n) is 4.63. The van der Waals surface area contributed by atoms with Crippen LogP contribution in [0.1, 0.15) is 16.8 Å². The number of carbonyl (C=O) groups is 1. The average molecular weight is 391 g/mol.